The van der Waals surface area contributed by atoms with Crippen LogP contribution >= 0.6 is 0 Å². The number of carbonyl (C=O) groups is 1. The summed E-state index contributed by atoms with van der Waals surface area (Å²) in [5.41, 5.74) is 2.83. The average molecular weight is 384 g/mol. The van der Waals surface area contributed by atoms with Crippen molar-refractivity contribution in [1.82, 2.24) is 20.2 Å². The van der Waals surface area contributed by atoms with E-state index in [9.17, 15) is 9.18 Å². The molecule has 0 spiro atoms. The number of ether oxygens (including phenoxy) is 1. The summed E-state index contributed by atoms with van der Waals surface area (Å²) in [6.45, 7) is 3.93. The van der Waals surface area contributed by atoms with Gasteiger partial charge in [-0.3, -0.25) is 0 Å². The average Bonchev–Trinajstić information content (AvgIpc) is 3.03. The Morgan fingerprint density at radius 2 is 2.14 bits per heavy atom. The van der Waals surface area contributed by atoms with Gasteiger partial charge in [-0.25, -0.2) is 19.2 Å². The number of nitrogens with zero attached hydrogens (tertiary/aromatic N) is 3. The van der Waals surface area contributed by atoms with Crippen LogP contribution in [0, 0.1) is 5.82 Å². The number of hydrogen-bond donors (Lipinski definition) is 1. The lowest BCUT2D eigenvalue weighted by molar-refractivity contribution is 0.141. The van der Waals surface area contributed by atoms with Crippen LogP contribution in [0.2, 0.25) is 0 Å². The van der Waals surface area contributed by atoms with Crippen molar-refractivity contribution in [2.45, 2.75) is 44.7 Å². The fraction of sp³-hybridized carbons (Fsp3) is 0.476. The number of halogens is 1. The molecule has 0 aliphatic carbocycles. The molecule has 2 aliphatic heterocycles. The number of rotatable bonds is 6. The third-order valence-corrected chi connectivity index (χ3v) is 5.47. The maximum absolute atomic E-state index is 13.2. The highest BCUT2D eigenvalue weighted by molar-refractivity contribution is 5.76. The number of fused-ring (bicyclic) bond motifs is 4. The summed E-state index contributed by atoms with van der Waals surface area (Å²) >= 11 is 0. The molecule has 3 heterocycles. The number of aromatic nitrogens is 2. The zero-order valence-electron chi connectivity index (χ0n) is 16.0. The number of amides is 2. The predicted molar refractivity (Wildman–Crippen MR) is 103 cm³/mol. The van der Waals surface area contributed by atoms with Gasteiger partial charge >= 0.3 is 6.03 Å². The van der Waals surface area contributed by atoms with E-state index in [1.54, 1.807) is 12.1 Å². The van der Waals surface area contributed by atoms with Crippen LogP contribution < -0.4 is 5.32 Å². The van der Waals surface area contributed by atoms with E-state index in [0.29, 0.717) is 25.6 Å². The Hall–Kier alpha value is -2.54. The van der Waals surface area contributed by atoms with Crippen LogP contribution in [-0.2, 0) is 11.2 Å². The monoisotopic (exact) mass is 384 g/mol. The first-order valence-electron chi connectivity index (χ1n) is 9.93. The molecule has 0 saturated carbocycles. The molecular formula is C21H25FN4O2. The van der Waals surface area contributed by atoms with Crippen molar-refractivity contribution in [3.63, 3.8) is 0 Å². The fourth-order valence-corrected chi connectivity index (χ4v) is 4.13. The summed E-state index contributed by atoms with van der Waals surface area (Å²) in [6.07, 6.45) is 5.28. The molecule has 2 bridgehead atoms. The number of nitrogens with one attached hydrogen (secondary N) is 1. The summed E-state index contributed by atoms with van der Waals surface area (Å²) in [7, 11) is 0. The summed E-state index contributed by atoms with van der Waals surface area (Å²) in [4.78, 5) is 23.9. The maximum atomic E-state index is 13.2. The Morgan fingerprint density at radius 3 is 2.93 bits per heavy atom. The van der Waals surface area contributed by atoms with Crippen LogP contribution in [0.5, 0.6) is 0 Å². The lowest BCUT2D eigenvalue weighted by Crippen LogP contribution is -2.47. The van der Waals surface area contributed by atoms with Gasteiger partial charge in [-0.1, -0.05) is 0 Å². The van der Waals surface area contributed by atoms with Crippen molar-refractivity contribution in [2.24, 2.45) is 0 Å². The van der Waals surface area contributed by atoms with E-state index in [1.807, 2.05) is 18.0 Å². The first-order valence-corrected chi connectivity index (χ1v) is 9.93. The number of hydrogen-bond acceptors (Lipinski definition) is 4. The molecule has 1 N–H and O–H groups in total. The van der Waals surface area contributed by atoms with Crippen LogP contribution in [0.25, 0.3) is 11.4 Å². The molecule has 28 heavy (non-hydrogen) atoms. The van der Waals surface area contributed by atoms with Crippen LogP contribution in [0.3, 0.4) is 0 Å². The molecule has 1 fully saturated rings. The number of urea groups is 1. The molecule has 148 valence electrons. The molecule has 1 aromatic carbocycles. The van der Waals surface area contributed by atoms with Crippen LogP contribution in [0.1, 0.15) is 43.5 Å². The van der Waals surface area contributed by atoms with Gasteiger partial charge in [-0.2, -0.15) is 0 Å². The van der Waals surface area contributed by atoms with Crippen molar-refractivity contribution in [2.75, 3.05) is 19.8 Å². The zero-order chi connectivity index (χ0) is 19.5. The Morgan fingerprint density at radius 1 is 1.32 bits per heavy atom. The van der Waals surface area contributed by atoms with E-state index in [0.717, 1.165) is 42.5 Å². The summed E-state index contributed by atoms with van der Waals surface area (Å²) < 4.78 is 18.5. The second-order valence-corrected chi connectivity index (χ2v) is 7.24. The second kappa shape index (κ2) is 8.22. The lowest BCUT2D eigenvalue weighted by atomic mass is 9.99. The van der Waals surface area contributed by atoms with E-state index < -0.39 is 0 Å². The molecule has 2 amide bonds. The third-order valence-electron chi connectivity index (χ3n) is 5.47. The molecule has 6 nitrogen and oxygen atoms in total. The highest BCUT2D eigenvalue weighted by Gasteiger charge is 2.43. The van der Waals surface area contributed by atoms with Gasteiger partial charge < -0.3 is 15.0 Å². The Bertz CT molecular complexity index is 843. The van der Waals surface area contributed by atoms with Crippen LogP contribution in [-0.4, -0.2) is 46.7 Å². The minimum Gasteiger partial charge on any atom is -0.382 e. The van der Waals surface area contributed by atoms with E-state index in [1.165, 1.54) is 12.1 Å². The van der Waals surface area contributed by atoms with Gasteiger partial charge in [0.25, 0.3) is 0 Å². The van der Waals surface area contributed by atoms with Gasteiger partial charge in [-0.05, 0) is 50.5 Å². The van der Waals surface area contributed by atoms with E-state index in [2.05, 4.69) is 10.3 Å². The van der Waals surface area contributed by atoms with Crippen molar-refractivity contribution in [3.8, 4) is 11.4 Å². The summed E-state index contributed by atoms with van der Waals surface area (Å²) in [6, 6.07) is 6.40. The van der Waals surface area contributed by atoms with Crippen molar-refractivity contribution in [1.29, 1.82) is 0 Å². The number of benzene rings is 1. The molecule has 2 atom stereocenters. The molecule has 0 radical (unpaired) electrons. The van der Waals surface area contributed by atoms with Gasteiger partial charge in [0, 0.05) is 49.5 Å². The minimum absolute atomic E-state index is 0.0164. The Balaban J connectivity index is 1.47. The van der Waals surface area contributed by atoms with Gasteiger partial charge in [0.05, 0.1) is 11.7 Å². The zero-order valence-corrected chi connectivity index (χ0v) is 16.0. The molecule has 2 aliphatic rings. The van der Waals surface area contributed by atoms with E-state index in [4.69, 9.17) is 9.72 Å². The first kappa shape index (κ1) is 18.8. The van der Waals surface area contributed by atoms with E-state index in [-0.39, 0.29) is 23.9 Å². The largest absolute Gasteiger partial charge is 0.382 e. The third kappa shape index (κ3) is 3.71. The topological polar surface area (TPSA) is 67.3 Å². The molecule has 1 saturated heterocycles. The number of carbonyl (C=O) groups excluding carboxylic acids is 1. The van der Waals surface area contributed by atoms with Gasteiger partial charge in [0.1, 0.15) is 5.82 Å². The molecule has 4 rings (SSSR count). The minimum atomic E-state index is -0.275. The van der Waals surface area contributed by atoms with Crippen molar-refractivity contribution < 1.29 is 13.9 Å². The highest BCUT2D eigenvalue weighted by Crippen LogP contribution is 2.43. The molecular weight excluding hydrogens is 359 g/mol. The highest BCUT2D eigenvalue weighted by atomic mass is 19.1. The maximum Gasteiger partial charge on any atom is 0.318 e. The van der Waals surface area contributed by atoms with Crippen molar-refractivity contribution in [3.05, 3.63) is 47.5 Å². The molecule has 1 aromatic heterocycles. The van der Waals surface area contributed by atoms with Gasteiger partial charge in [0.15, 0.2) is 5.82 Å². The summed E-state index contributed by atoms with van der Waals surface area (Å²) in [5, 5.41) is 3.02. The lowest BCUT2D eigenvalue weighted by Gasteiger charge is -2.35. The molecule has 0 unspecified atom stereocenters. The van der Waals surface area contributed by atoms with E-state index >= 15 is 0 Å². The van der Waals surface area contributed by atoms with Crippen LogP contribution in [0.4, 0.5) is 9.18 Å². The summed E-state index contributed by atoms with van der Waals surface area (Å²) in [5.74, 6) is 0.328. The normalized spacial score (nSPS) is 20.1. The van der Waals surface area contributed by atoms with Crippen molar-refractivity contribution >= 4 is 6.03 Å². The standard InChI is InChI=1S/C21H25FN4O2/c1-2-28-11-3-10-23-21(27)26-16-8-9-19(26)17-13-24-20(25-18(17)12-16)14-4-6-15(22)7-5-14/h4-7,13,16,19H,2-3,8-12H2,1H3,(H,23,27)/t16-,19+/m0/s1. The quantitative estimate of drug-likeness (QED) is 0.775. The smallest absolute Gasteiger partial charge is 0.318 e. The molecule has 7 heteroatoms. The fourth-order valence-electron chi connectivity index (χ4n) is 4.13. The predicted octanol–water partition coefficient (Wildman–Crippen LogP) is 3.48. The Kier molecular flexibility index (Phi) is 5.52. The van der Waals surface area contributed by atoms with Gasteiger partial charge in [0.2, 0.25) is 0 Å². The second-order valence-electron chi connectivity index (χ2n) is 7.24. The van der Waals surface area contributed by atoms with Gasteiger partial charge in [-0.15, -0.1) is 0 Å². The first-order chi connectivity index (χ1) is 13.7. The van der Waals surface area contributed by atoms with Crippen LogP contribution in [0.15, 0.2) is 30.5 Å². The Labute approximate surface area is 164 Å². The SMILES string of the molecule is CCOCCCNC(=O)N1[C@H]2CC[C@@H]1c1cnc(-c3ccc(F)cc3)nc1C2. The molecule has 2 aromatic rings.